The molecule has 3 atom stereocenters. The van der Waals surface area contributed by atoms with Crippen LogP contribution in [0, 0.1) is 19.8 Å². The summed E-state index contributed by atoms with van der Waals surface area (Å²) in [5.74, 6) is -0.416. The Labute approximate surface area is 195 Å². The Morgan fingerprint density at radius 3 is 2.38 bits per heavy atom. The van der Waals surface area contributed by atoms with Gasteiger partial charge in [0, 0.05) is 30.0 Å². The van der Waals surface area contributed by atoms with Crippen LogP contribution in [-0.2, 0) is 25.6 Å². The number of ether oxygens (including phenoxy) is 2. The van der Waals surface area contributed by atoms with E-state index in [1.165, 1.54) is 0 Å². The zero-order chi connectivity index (χ0) is 23.8. The van der Waals surface area contributed by atoms with Crippen molar-refractivity contribution in [2.45, 2.75) is 84.0 Å². The summed E-state index contributed by atoms with van der Waals surface area (Å²) in [5.41, 5.74) is 2.87. The first-order valence-corrected chi connectivity index (χ1v) is 12.5. The van der Waals surface area contributed by atoms with Crippen LogP contribution in [-0.4, -0.2) is 56.8 Å². The third-order valence-electron chi connectivity index (χ3n) is 6.37. The number of phenols is 1. The van der Waals surface area contributed by atoms with Crippen molar-refractivity contribution in [1.82, 2.24) is 9.62 Å². The molecule has 0 aromatic heterocycles. The topological polar surface area (TPSA) is 94.1 Å². The van der Waals surface area contributed by atoms with Gasteiger partial charge >= 0.3 is 0 Å². The number of nitrogens with one attached hydrogen (secondary N) is 1. The summed E-state index contributed by atoms with van der Waals surface area (Å²) < 4.78 is 27.1. The number of likely N-dealkylation sites (tertiary alicyclic amines) is 1. The van der Waals surface area contributed by atoms with Gasteiger partial charge in [0.05, 0.1) is 12.6 Å². The lowest BCUT2D eigenvalue weighted by atomic mass is 9.84. The highest BCUT2D eigenvalue weighted by atomic mass is 32.2. The molecule has 2 aliphatic heterocycles. The molecular weight excluding hydrogens is 428 g/mol. The van der Waals surface area contributed by atoms with Gasteiger partial charge in [0.25, 0.3) is 5.91 Å². The first-order valence-electron chi connectivity index (χ1n) is 11.4. The van der Waals surface area contributed by atoms with Crippen LogP contribution < -0.4 is 4.72 Å². The molecule has 1 aromatic rings. The highest BCUT2D eigenvalue weighted by molar-refractivity contribution is 7.90. The molecule has 1 aromatic carbocycles. The number of rotatable bonds is 5. The van der Waals surface area contributed by atoms with Gasteiger partial charge in [0.1, 0.15) is 10.5 Å². The number of phenolic OH excluding ortho intramolecular Hbond substituents is 1. The normalized spacial score (nSPS) is 23.9. The van der Waals surface area contributed by atoms with Gasteiger partial charge < -0.3 is 24.0 Å². The maximum absolute atomic E-state index is 13.0. The Morgan fingerprint density at radius 2 is 1.84 bits per heavy atom. The van der Waals surface area contributed by atoms with E-state index in [4.69, 9.17) is 9.47 Å². The summed E-state index contributed by atoms with van der Waals surface area (Å²) in [5, 5.41) is 10.7. The summed E-state index contributed by atoms with van der Waals surface area (Å²) in [6.07, 6.45) is 0.926. The molecule has 2 unspecified atom stereocenters. The van der Waals surface area contributed by atoms with E-state index in [2.05, 4.69) is 4.72 Å². The lowest BCUT2D eigenvalue weighted by Gasteiger charge is -2.38. The Kier molecular flexibility index (Phi) is 7.52. The fourth-order valence-electron chi connectivity index (χ4n) is 4.24. The zero-order valence-electron chi connectivity index (χ0n) is 20.4. The van der Waals surface area contributed by atoms with Gasteiger partial charge in [-0.2, -0.15) is 0 Å². The number of carbonyl (C=O) groups is 1. The summed E-state index contributed by atoms with van der Waals surface area (Å²) in [6.45, 7) is 14.9. The largest absolute Gasteiger partial charge is 0.598 e. The second-order valence-corrected chi connectivity index (χ2v) is 12.4. The molecule has 2 N–H and O–H groups in total. The number of carbonyl (C=O) groups excluding carboxylic acids is 1. The van der Waals surface area contributed by atoms with Crippen molar-refractivity contribution in [3.63, 3.8) is 0 Å². The summed E-state index contributed by atoms with van der Waals surface area (Å²) in [4.78, 5) is 14.7. The van der Waals surface area contributed by atoms with Crippen LogP contribution in [0.25, 0.3) is 0 Å². The second kappa shape index (κ2) is 9.50. The minimum Gasteiger partial charge on any atom is -0.598 e. The Bertz CT molecular complexity index is 830. The molecule has 0 spiro atoms. The smallest absolute Gasteiger partial charge is 0.254 e. The molecule has 8 heteroatoms. The predicted octanol–water partition coefficient (Wildman–Crippen LogP) is 3.49. The van der Waals surface area contributed by atoms with Crippen LogP contribution in [0.2, 0.25) is 0 Å². The number of aromatic hydroxyl groups is 1. The molecule has 32 heavy (non-hydrogen) atoms. The quantitative estimate of drug-likeness (QED) is 0.645. The zero-order valence-corrected chi connectivity index (χ0v) is 21.2. The lowest BCUT2D eigenvalue weighted by Crippen LogP contribution is -2.48. The molecule has 2 fully saturated rings. The van der Waals surface area contributed by atoms with E-state index in [1.54, 1.807) is 6.07 Å². The number of benzene rings is 1. The lowest BCUT2D eigenvalue weighted by molar-refractivity contribution is -0.161. The third kappa shape index (κ3) is 5.78. The van der Waals surface area contributed by atoms with Crippen LogP contribution in [0.15, 0.2) is 12.1 Å². The van der Waals surface area contributed by atoms with Crippen molar-refractivity contribution in [2.75, 3.05) is 19.7 Å². The van der Waals surface area contributed by atoms with Crippen molar-refractivity contribution in [3.8, 4) is 5.75 Å². The predicted molar refractivity (Wildman–Crippen MR) is 126 cm³/mol. The minimum atomic E-state index is -1.30. The van der Waals surface area contributed by atoms with E-state index in [-0.39, 0.29) is 30.2 Å². The van der Waals surface area contributed by atoms with E-state index in [9.17, 15) is 14.5 Å². The maximum Gasteiger partial charge on any atom is 0.254 e. The average Bonchev–Trinajstić information content (AvgIpc) is 3.07. The summed E-state index contributed by atoms with van der Waals surface area (Å²) in [6, 6.07) is 3.50. The van der Waals surface area contributed by atoms with Crippen LogP contribution in [0.3, 0.4) is 0 Å². The molecule has 0 aliphatic carbocycles. The first kappa shape index (κ1) is 25.3. The van der Waals surface area contributed by atoms with Crippen molar-refractivity contribution >= 4 is 17.3 Å². The molecule has 180 valence electrons. The SMILES string of the molecule is Cc1cc(O)c(C(N[S+]([O-])C(C)(C)C)C2CCN(C(=O)[C@H]3COC(C)(C)O3)CC2)cc1C. The van der Waals surface area contributed by atoms with Crippen LogP contribution in [0.5, 0.6) is 5.75 Å². The molecule has 7 nitrogen and oxygen atoms in total. The number of hydrogen-bond acceptors (Lipinski definition) is 6. The number of piperidine rings is 1. The fraction of sp³-hybridized carbons (Fsp3) is 0.708. The van der Waals surface area contributed by atoms with E-state index < -0.39 is 28.0 Å². The maximum atomic E-state index is 13.0. The molecule has 0 saturated carbocycles. The Hall–Kier alpha value is -1.32. The molecule has 2 heterocycles. The Balaban J connectivity index is 1.75. The number of amides is 1. The third-order valence-corrected chi connectivity index (χ3v) is 7.96. The van der Waals surface area contributed by atoms with Gasteiger partial charge in [-0.3, -0.25) is 4.79 Å². The van der Waals surface area contributed by atoms with E-state index in [1.807, 2.05) is 59.4 Å². The monoisotopic (exact) mass is 466 g/mol. The van der Waals surface area contributed by atoms with E-state index >= 15 is 0 Å². The van der Waals surface area contributed by atoms with Gasteiger partial charge in [-0.1, -0.05) is 6.07 Å². The van der Waals surface area contributed by atoms with Gasteiger partial charge in [-0.05, 0) is 84.4 Å². The first-order chi connectivity index (χ1) is 14.8. The highest BCUT2D eigenvalue weighted by Crippen LogP contribution is 2.38. The number of aryl methyl sites for hydroxylation is 2. The van der Waals surface area contributed by atoms with Gasteiger partial charge in [0.2, 0.25) is 0 Å². The number of hydrogen-bond donors (Lipinski definition) is 2. The van der Waals surface area contributed by atoms with Crippen LogP contribution in [0.4, 0.5) is 0 Å². The van der Waals surface area contributed by atoms with Gasteiger partial charge in [0.15, 0.2) is 11.9 Å². The summed E-state index contributed by atoms with van der Waals surface area (Å²) in [7, 11) is 0. The number of nitrogens with zero attached hydrogens (tertiary/aromatic N) is 1. The van der Waals surface area contributed by atoms with Crippen LogP contribution in [0.1, 0.15) is 70.2 Å². The Morgan fingerprint density at radius 1 is 1.25 bits per heavy atom. The van der Waals surface area contributed by atoms with Crippen LogP contribution >= 0.6 is 0 Å². The van der Waals surface area contributed by atoms with E-state index in [0.29, 0.717) is 13.1 Å². The molecule has 1 amide bonds. The second-order valence-electron chi connectivity index (χ2n) is 10.5. The molecule has 2 saturated heterocycles. The molecular formula is C24H38N2O5S. The molecule has 0 radical (unpaired) electrons. The molecule has 2 aliphatic rings. The average molecular weight is 467 g/mol. The standard InChI is InChI=1S/C24H38N2O5S/c1-15-12-18(19(27)13-16(15)2)21(25-32(29)23(3,4)5)17-8-10-26(11-9-17)22(28)20-14-30-24(6,7)31-20/h12-13,17,20-21,25,27H,8-11,14H2,1-7H3/t20-,21?,32?/m1/s1. The minimum absolute atomic E-state index is 0.0363. The molecule has 0 bridgehead atoms. The van der Waals surface area contributed by atoms with E-state index in [0.717, 1.165) is 29.5 Å². The fourth-order valence-corrected chi connectivity index (χ4v) is 5.15. The van der Waals surface area contributed by atoms with Gasteiger partial charge in [-0.25, -0.2) is 0 Å². The van der Waals surface area contributed by atoms with Crippen molar-refractivity contribution in [3.05, 3.63) is 28.8 Å². The van der Waals surface area contributed by atoms with Crippen molar-refractivity contribution < 1.29 is 23.9 Å². The van der Waals surface area contributed by atoms with Gasteiger partial charge in [-0.15, -0.1) is 4.72 Å². The summed E-state index contributed by atoms with van der Waals surface area (Å²) >= 11 is -1.30. The molecule has 3 rings (SSSR count). The highest BCUT2D eigenvalue weighted by Gasteiger charge is 2.41. The van der Waals surface area contributed by atoms with Crippen molar-refractivity contribution in [2.24, 2.45) is 5.92 Å². The van der Waals surface area contributed by atoms with Crippen molar-refractivity contribution in [1.29, 1.82) is 0 Å².